The highest BCUT2D eigenvalue weighted by atomic mass is 16.5. The van der Waals surface area contributed by atoms with E-state index in [9.17, 15) is 4.79 Å². The van der Waals surface area contributed by atoms with Gasteiger partial charge in [-0.3, -0.25) is 4.79 Å². The molecule has 112 valence electrons. The van der Waals surface area contributed by atoms with E-state index in [1.807, 2.05) is 19.9 Å². The molecule has 0 saturated carbocycles. The predicted octanol–water partition coefficient (Wildman–Crippen LogP) is 2.57. The van der Waals surface area contributed by atoms with Gasteiger partial charge < -0.3 is 15.4 Å². The first-order chi connectivity index (χ1) is 9.58. The number of carbonyl (C=O) groups excluding carboxylic acids is 1. The van der Waals surface area contributed by atoms with Gasteiger partial charge in [0.05, 0.1) is 0 Å². The molecular weight excluding hydrogens is 252 g/mol. The third-order valence-corrected chi connectivity index (χ3v) is 3.07. The second-order valence-corrected chi connectivity index (χ2v) is 4.96. The molecule has 2 N–H and O–H groups in total. The normalized spacial score (nSPS) is 12.0. The van der Waals surface area contributed by atoms with E-state index < -0.39 is 0 Å². The summed E-state index contributed by atoms with van der Waals surface area (Å²) >= 11 is 0. The molecule has 0 aliphatic heterocycles. The monoisotopic (exact) mass is 278 g/mol. The van der Waals surface area contributed by atoms with Gasteiger partial charge in [-0.1, -0.05) is 19.1 Å². The van der Waals surface area contributed by atoms with E-state index in [2.05, 4.69) is 36.6 Å². The molecule has 0 saturated heterocycles. The lowest BCUT2D eigenvalue weighted by Gasteiger charge is -2.18. The first-order valence-corrected chi connectivity index (χ1v) is 7.31. The van der Waals surface area contributed by atoms with Crippen LogP contribution in [0.3, 0.4) is 0 Å². The quantitative estimate of drug-likeness (QED) is 0.768. The summed E-state index contributed by atoms with van der Waals surface area (Å²) in [4.78, 5) is 11.5. The molecule has 0 spiro atoms. The van der Waals surface area contributed by atoms with Crippen molar-refractivity contribution in [3.63, 3.8) is 0 Å². The van der Waals surface area contributed by atoms with Crippen molar-refractivity contribution < 1.29 is 9.53 Å². The summed E-state index contributed by atoms with van der Waals surface area (Å²) in [6, 6.07) is 6.33. The zero-order chi connectivity index (χ0) is 15.0. The Morgan fingerprint density at radius 2 is 2.10 bits per heavy atom. The zero-order valence-electron chi connectivity index (χ0n) is 13.0. The van der Waals surface area contributed by atoms with Crippen LogP contribution < -0.4 is 15.4 Å². The minimum atomic E-state index is -0.0888. The van der Waals surface area contributed by atoms with E-state index in [0.717, 1.165) is 29.8 Å². The number of carbonyl (C=O) groups is 1. The summed E-state index contributed by atoms with van der Waals surface area (Å²) in [6.07, 6.45) is 1.09. The molecule has 0 radical (unpaired) electrons. The Morgan fingerprint density at radius 3 is 2.75 bits per heavy atom. The minimum absolute atomic E-state index is 0.0603. The number of hydrogen-bond acceptors (Lipinski definition) is 3. The van der Waals surface area contributed by atoms with E-state index in [0.29, 0.717) is 6.54 Å². The Kier molecular flexibility index (Phi) is 7.09. The predicted molar refractivity (Wildman–Crippen MR) is 82.1 cm³/mol. The molecule has 1 amide bonds. The maximum atomic E-state index is 11.5. The summed E-state index contributed by atoms with van der Waals surface area (Å²) < 4.78 is 5.68. The Bertz CT molecular complexity index is 432. The zero-order valence-corrected chi connectivity index (χ0v) is 13.0. The van der Waals surface area contributed by atoms with Crippen LogP contribution >= 0.6 is 0 Å². The number of hydrogen-bond donors (Lipinski definition) is 2. The van der Waals surface area contributed by atoms with Gasteiger partial charge in [-0.05, 0) is 45.4 Å². The van der Waals surface area contributed by atoms with Crippen molar-refractivity contribution in [2.24, 2.45) is 0 Å². The standard InChI is InChI=1S/C16H26N2O2/c1-5-9-18-13(4)14-8-7-12(3)10-15(14)20-11-16(19)17-6-2/h7-8,10,13,18H,5-6,9,11H2,1-4H3,(H,17,19). The average Bonchev–Trinajstić information content (AvgIpc) is 2.43. The second kappa shape index (κ2) is 8.59. The molecule has 0 fully saturated rings. The Morgan fingerprint density at radius 1 is 1.35 bits per heavy atom. The molecule has 20 heavy (non-hydrogen) atoms. The van der Waals surface area contributed by atoms with Crippen LogP contribution in [0.1, 0.15) is 44.4 Å². The Hall–Kier alpha value is -1.55. The van der Waals surface area contributed by atoms with E-state index in [1.54, 1.807) is 0 Å². The molecule has 0 heterocycles. The smallest absolute Gasteiger partial charge is 0.257 e. The van der Waals surface area contributed by atoms with Crippen LogP contribution in [0, 0.1) is 6.92 Å². The van der Waals surface area contributed by atoms with Crippen molar-refractivity contribution in [2.75, 3.05) is 19.7 Å². The lowest BCUT2D eigenvalue weighted by atomic mass is 10.0. The highest BCUT2D eigenvalue weighted by Crippen LogP contribution is 2.26. The third-order valence-electron chi connectivity index (χ3n) is 3.07. The van der Waals surface area contributed by atoms with Crippen molar-refractivity contribution in [3.8, 4) is 5.75 Å². The maximum absolute atomic E-state index is 11.5. The molecule has 0 aliphatic rings. The number of rotatable bonds is 8. The van der Waals surface area contributed by atoms with Crippen LogP contribution in [-0.4, -0.2) is 25.6 Å². The van der Waals surface area contributed by atoms with Crippen LogP contribution in [0.15, 0.2) is 18.2 Å². The Labute approximate surface area is 121 Å². The van der Waals surface area contributed by atoms with Crippen LogP contribution in [0.4, 0.5) is 0 Å². The fraction of sp³-hybridized carbons (Fsp3) is 0.562. The number of benzene rings is 1. The molecule has 1 unspecified atom stereocenters. The highest BCUT2D eigenvalue weighted by Gasteiger charge is 2.12. The molecular formula is C16H26N2O2. The summed E-state index contributed by atoms with van der Waals surface area (Å²) in [7, 11) is 0. The van der Waals surface area contributed by atoms with Gasteiger partial charge in [0.2, 0.25) is 0 Å². The molecule has 1 rings (SSSR count). The summed E-state index contributed by atoms with van der Waals surface area (Å²) in [5.41, 5.74) is 2.22. The van der Waals surface area contributed by atoms with Gasteiger partial charge in [-0.15, -0.1) is 0 Å². The van der Waals surface area contributed by atoms with Crippen molar-refractivity contribution in [2.45, 2.75) is 40.2 Å². The van der Waals surface area contributed by atoms with Gasteiger partial charge in [0.15, 0.2) is 6.61 Å². The maximum Gasteiger partial charge on any atom is 0.257 e. The van der Waals surface area contributed by atoms with E-state index in [4.69, 9.17) is 4.74 Å². The van der Waals surface area contributed by atoms with Crippen LogP contribution in [0.25, 0.3) is 0 Å². The van der Waals surface area contributed by atoms with E-state index >= 15 is 0 Å². The number of aryl methyl sites for hydroxylation is 1. The summed E-state index contributed by atoms with van der Waals surface area (Å²) in [5.74, 6) is 0.696. The fourth-order valence-corrected chi connectivity index (χ4v) is 1.99. The van der Waals surface area contributed by atoms with Crippen molar-refractivity contribution in [1.29, 1.82) is 0 Å². The lowest BCUT2D eigenvalue weighted by molar-refractivity contribution is -0.123. The van der Waals surface area contributed by atoms with Crippen molar-refractivity contribution in [1.82, 2.24) is 10.6 Å². The van der Waals surface area contributed by atoms with E-state index in [1.165, 1.54) is 0 Å². The molecule has 1 atom stereocenters. The molecule has 1 aromatic rings. The first kappa shape index (κ1) is 16.5. The third kappa shape index (κ3) is 5.21. The van der Waals surface area contributed by atoms with Gasteiger partial charge in [0.25, 0.3) is 5.91 Å². The van der Waals surface area contributed by atoms with Gasteiger partial charge in [0, 0.05) is 18.2 Å². The first-order valence-electron chi connectivity index (χ1n) is 7.31. The number of likely N-dealkylation sites (N-methyl/N-ethyl adjacent to an activating group) is 1. The molecule has 0 aromatic heterocycles. The van der Waals surface area contributed by atoms with E-state index in [-0.39, 0.29) is 18.6 Å². The molecule has 4 heteroatoms. The van der Waals surface area contributed by atoms with Crippen molar-refractivity contribution >= 4 is 5.91 Å². The highest BCUT2D eigenvalue weighted by molar-refractivity contribution is 5.77. The molecule has 1 aromatic carbocycles. The van der Waals surface area contributed by atoms with Gasteiger partial charge in [-0.2, -0.15) is 0 Å². The summed E-state index contributed by atoms with van der Waals surface area (Å²) in [5, 5.41) is 6.17. The van der Waals surface area contributed by atoms with Crippen LogP contribution in [-0.2, 0) is 4.79 Å². The second-order valence-electron chi connectivity index (χ2n) is 4.96. The largest absolute Gasteiger partial charge is 0.483 e. The van der Waals surface area contributed by atoms with Crippen LogP contribution in [0.5, 0.6) is 5.75 Å². The molecule has 4 nitrogen and oxygen atoms in total. The topological polar surface area (TPSA) is 50.4 Å². The number of nitrogens with one attached hydrogen (secondary N) is 2. The average molecular weight is 278 g/mol. The van der Waals surface area contributed by atoms with Gasteiger partial charge in [0.1, 0.15) is 5.75 Å². The number of amides is 1. The van der Waals surface area contributed by atoms with Gasteiger partial charge in [-0.25, -0.2) is 0 Å². The number of ether oxygens (including phenoxy) is 1. The van der Waals surface area contributed by atoms with Crippen molar-refractivity contribution in [3.05, 3.63) is 29.3 Å². The van der Waals surface area contributed by atoms with Crippen LogP contribution in [0.2, 0.25) is 0 Å². The SMILES string of the molecule is CCCNC(C)c1ccc(C)cc1OCC(=O)NCC. The summed E-state index contributed by atoms with van der Waals surface area (Å²) in [6.45, 7) is 9.81. The van der Waals surface area contributed by atoms with Gasteiger partial charge >= 0.3 is 0 Å². The fourth-order valence-electron chi connectivity index (χ4n) is 1.99. The molecule has 0 aliphatic carbocycles. The Balaban J connectivity index is 2.76. The molecule has 0 bridgehead atoms. The minimum Gasteiger partial charge on any atom is -0.483 e. The lowest BCUT2D eigenvalue weighted by Crippen LogP contribution is -2.29.